The van der Waals surface area contributed by atoms with Crippen molar-refractivity contribution < 1.29 is 18.0 Å². The molecule has 1 fully saturated rings. The quantitative estimate of drug-likeness (QED) is 0.727. The lowest BCUT2D eigenvalue weighted by molar-refractivity contribution is -0.158. The van der Waals surface area contributed by atoms with Gasteiger partial charge in [0.15, 0.2) is 0 Å². The minimum Gasteiger partial charge on any atom is -0.351 e. The number of amides is 1. The number of carbonyl (C=O) groups excluding carboxylic acids is 1. The Morgan fingerprint density at radius 3 is 2.46 bits per heavy atom. The summed E-state index contributed by atoms with van der Waals surface area (Å²) in [6.45, 7) is 1.21. The van der Waals surface area contributed by atoms with Crippen LogP contribution in [-0.2, 0) is 4.79 Å². The molecule has 1 unspecified atom stereocenters. The highest BCUT2D eigenvalue weighted by atomic mass is 35.5. The first-order valence-corrected chi connectivity index (χ1v) is 7.32. The molecule has 2 rings (SSSR count). The van der Waals surface area contributed by atoms with Crippen molar-refractivity contribution in [3.05, 3.63) is 35.9 Å². The topological polar surface area (TPSA) is 53.2 Å². The van der Waals surface area contributed by atoms with Gasteiger partial charge in [0, 0.05) is 12.6 Å². The molecule has 1 saturated heterocycles. The maximum atomic E-state index is 13.1. The average molecular weight is 388 g/mol. The zero-order chi connectivity index (χ0) is 16.0. The highest BCUT2D eigenvalue weighted by molar-refractivity contribution is 5.85. The third-order valence-electron chi connectivity index (χ3n) is 3.59. The molecule has 1 aliphatic heterocycles. The van der Waals surface area contributed by atoms with E-state index in [2.05, 4.69) is 16.0 Å². The Kier molecular flexibility index (Phi) is 10.3. The number of benzene rings is 1. The molecule has 3 N–H and O–H groups in total. The van der Waals surface area contributed by atoms with Crippen molar-refractivity contribution >= 4 is 30.7 Å². The number of hydrogen-bond donors (Lipinski definition) is 3. The van der Waals surface area contributed by atoms with Crippen molar-refractivity contribution in [1.29, 1.82) is 0 Å². The fraction of sp³-hybridized carbons (Fsp3) is 0.533. The Balaban J connectivity index is 0.00000264. The Morgan fingerprint density at radius 1 is 1.25 bits per heavy atom. The van der Waals surface area contributed by atoms with Gasteiger partial charge in [0.05, 0.1) is 6.54 Å². The van der Waals surface area contributed by atoms with Gasteiger partial charge in [-0.1, -0.05) is 30.3 Å². The van der Waals surface area contributed by atoms with E-state index in [0.717, 1.165) is 19.4 Å². The summed E-state index contributed by atoms with van der Waals surface area (Å²) >= 11 is 0. The number of rotatable bonds is 5. The van der Waals surface area contributed by atoms with Gasteiger partial charge in [-0.3, -0.25) is 10.1 Å². The molecule has 0 bridgehead atoms. The summed E-state index contributed by atoms with van der Waals surface area (Å²) in [5, 5.41) is 8.19. The van der Waals surface area contributed by atoms with E-state index in [1.807, 2.05) is 0 Å². The highest BCUT2D eigenvalue weighted by Crippen LogP contribution is 2.32. The lowest BCUT2D eigenvalue weighted by Crippen LogP contribution is -2.49. The van der Waals surface area contributed by atoms with E-state index < -0.39 is 18.1 Å². The summed E-state index contributed by atoms with van der Waals surface area (Å²) < 4.78 is 39.3. The Bertz CT molecular complexity index is 483. The van der Waals surface area contributed by atoms with Crippen LogP contribution in [0.1, 0.15) is 24.4 Å². The fourth-order valence-electron chi connectivity index (χ4n) is 2.52. The summed E-state index contributed by atoms with van der Waals surface area (Å²) in [5.41, 5.74) is 0.0992. The molecule has 2 atom stereocenters. The first-order valence-electron chi connectivity index (χ1n) is 7.32. The molecule has 138 valence electrons. The van der Waals surface area contributed by atoms with Crippen LogP contribution >= 0.6 is 24.8 Å². The summed E-state index contributed by atoms with van der Waals surface area (Å²) in [6.07, 6.45) is -2.65. The van der Waals surface area contributed by atoms with E-state index in [-0.39, 0.29) is 43.0 Å². The Hall–Kier alpha value is -1.02. The van der Waals surface area contributed by atoms with Gasteiger partial charge in [0.25, 0.3) is 0 Å². The molecule has 0 saturated carbocycles. The predicted octanol–water partition coefficient (Wildman–Crippen LogP) is 2.59. The summed E-state index contributed by atoms with van der Waals surface area (Å²) in [6, 6.07) is 5.68. The van der Waals surface area contributed by atoms with Gasteiger partial charge >= 0.3 is 6.18 Å². The van der Waals surface area contributed by atoms with Gasteiger partial charge < -0.3 is 10.6 Å². The van der Waals surface area contributed by atoms with Crippen LogP contribution in [0.2, 0.25) is 0 Å². The van der Waals surface area contributed by atoms with Gasteiger partial charge in [0.2, 0.25) is 5.91 Å². The van der Waals surface area contributed by atoms with Gasteiger partial charge in [0.1, 0.15) is 6.04 Å². The molecule has 4 nitrogen and oxygen atoms in total. The lowest BCUT2D eigenvalue weighted by atomic mass is 10.1. The first-order chi connectivity index (χ1) is 10.5. The number of alkyl halides is 3. The molecule has 0 aliphatic carbocycles. The van der Waals surface area contributed by atoms with Crippen LogP contribution in [0, 0.1) is 0 Å². The molecule has 1 aromatic carbocycles. The SMILES string of the molecule is Cl.Cl.O=C(CNC(c1ccccc1)C(F)(F)F)N[C@H]1CCCNC1. The van der Waals surface area contributed by atoms with Crippen molar-refractivity contribution in [3.63, 3.8) is 0 Å². The second-order valence-electron chi connectivity index (χ2n) is 5.38. The van der Waals surface area contributed by atoms with Crippen molar-refractivity contribution in [2.24, 2.45) is 0 Å². The largest absolute Gasteiger partial charge is 0.407 e. The summed E-state index contributed by atoms with van der Waals surface area (Å²) in [5.74, 6) is -0.418. The van der Waals surface area contributed by atoms with Crippen LogP contribution in [0.5, 0.6) is 0 Å². The number of piperidine rings is 1. The predicted molar refractivity (Wildman–Crippen MR) is 91.8 cm³/mol. The van der Waals surface area contributed by atoms with Crippen molar-refractivity contribution in [2.75, 3.05) is 19.6 Å². The van der Waals surface area contributed by atoms with E-state index in [9.17, 15) is 18.0 Å². The van der Waals surface area contributed by atoms with Crippen LogP contribution in [-0.4, -0.2) is 37.8 Å². The van der Waals surface area contributed by atoms with Gasteiger partial charge in [-0.25, -0.2) is 0 Å². The summed E-state index contributed by atoms with van der Waals surface area (Å²) in [4.78, 5) is 11.8. The maximum Gasteiger partial charge on any atom is 0.407 e. The minimum absolute atomic E-state index is 0. The Morgan fingerprint density at radius 2 is 1.92 bits per heavy atom. The van der Waals surface area contributed by atoms with E-state index in [4.69, 9.17) is 0 Å². The van der Waals surface area contributed by atoms with E-state index in [0.29, 0.717) is 6.54 Å². The number of hydrogen-bond acceptors (Lipinski definition) is 3. The first kappa shape index (κ1) is 23.0. The monoisotopic (exact) mass is 387 g/mol. The summed E-state index contributed by atoms with van der Waals surface area (Å²) in [7, 11) is 0. The molecule has 9 heteroatoms. The number of nitrogens with one attached hydrogen (secondary N) is 3. The molecule has 0 radical (unpaired) electrons. The molecule has 1 aromatic rings. The molecule has 1 aliphatic rings. The number of halogens is 5. The van der Waals surface area contributed by atoms with Crippen LogP contribution in [0.3, 0.4) is 0 Å². The maximum absolute atomic E-state index is 13.1. The minimum atomic E-state index is -4.45. The smallest absolute Gasteiger partial charge is 0.351 e. The number of carbonyl (C=O) groups is 1. The van der Waals surface area contributed by atoms with E-state index in [1.165, 1.54) is 12.1 Å². The zero-order valence-electron chi connectivity index (χ0n) is 12.9. The van der Waals surface area contributed by atoms with Crippen LogP contribution in [0.4, 0.5) is 13.2 Å². The fourth-order valence-corrected chi connectivity index (χ4v) is 2.52. The highest BCUT2D eigenvalue weighted by Gasteiger charge is 2.40. The van der Waals surface area contributed by atoms with Crippen molar-refractivity contribution in [1.82, 2.24) is 16.0 Å². The van der Waals surface area contributed by atoms with Crippen molar-refractivity contribution in [2.45, 2.75) is 31.1 Å². The van der Waals surface area contributed by atoms with Crippen LogP contribution < -0.4 is 16.0 Å². The van der Waals surface area contributed by atoms with Crippen LogP contribution in [0.25, 0.3) is 0 Å². The third-order valence-corrected chi connectivity index (χ3v) is 3.59. The van der Waals surface area contributed by atoms with Crippen molar-refractivity contribution in [3.8, 4) is 0 Å². The molecule has 0 spiro atoms. The zero-order valence-corrected chi connectivity index (χ0v) is 14.6. The van der Waals surface area contributed by atoms with E-state index in [1.54, 1.807) is 18.2 Å². The molecule has 24 heavy (non-hydrogen) atoms. The Labute approximate surface area is 151 Å². The second kappa shape index (κ2) is 10.8. The molecular weight excluding hydrogens is 366 g/mol. The standard InChI is InChI=1S/C15H20F3N3O.2ClH/c16-15(17,18)14(11-5-2-1-3-6-11)20-10-13(22)21-12-7-4-8-19-9-12;;/h1-3,5-6,12,14,19-20H,4,7-10H2,(H,21,22);2*1H/t12-,14?;;/m0../s1. The van der Waals surface area contributed by atoms with Gasteiger partial charge in [-0.2, -0.15) is 13.2 Å². The molecule has 0 aromatic heterocycles. The molecule has 1 heterocycles. The van der Waals surface area contributed by atoms with Gasteiger partial charge in [-0.15, -0.1) is 24.8 Å². The second-order valence-corrected chi connectivity index (χ2v) is 5.38. The molecule has 1 amide bonds. The third kappa shape index (κ3) is 7.25. The average Bonchev–Trinajstić information content (AvgIpc) is 2.48. The molecular formula is C15H22Cl2F3N3O. The normalized spacial score (nSPS) is 18.7. The van der Waals surface area contributed by atoms with Crippen LogP contribution in [0.15, 0.2) is 30.3 Å². The lowest BCUT2D eigenvalue weighted by Gasteiger charge is -2.25. The van der Waals surface area contributed by atoms with E-state index >= 15 is 0 Å². The van der Waals surface area contributed by atoms with Gasteiger partial charge in [-0.05, 0) is 24.9 Å².